The van der Waals surface area contributed by atoms with Crippen LogP contribution in [0.4, 0.5) is 0 Å². The molecule has 3 rings (SSSR count). The second-order valence-electron chi connectivity index (χ2n) is 5.95. The summed E-state index contributed by atoms with van der Waals surface area (Å²) >= 11 is 5.99. The zero-order valence-corrected chi connectivity index (χ0v) is 16.5. The Labute approximate surface area is 163 Å². The van der Waals surface area contributed by atoms with E-state index in [0.717, 1.165) is 0 Å². The highest BCUT2D eigenvalue weighted by Crippen LogP contribution is 2.31. The van der Waals surface area contributed by atoms with Gasteiger partial charge in [-0.1, -0.05) is 11.6 Å². The van der Waals surface area contributed by atoms with Gasteiger partial charge in [0.15, 0.2) is 0 Å². The predicted molar refractivity (Wildman–Crippen MR) is 99.0 cm³/mol. The van der Waals surface area contributed by atoms with Gasteiger partial charge in [0.2, 0.25) is 21.8 Å². The third-order valence-electron chi connectivity index (χ3n) is 4.20. The molecule has 1 fully saturated rings. The molecule has 2 aromatic rings. The summed E-state index contributed by atoms with van der Waals surface area (Å²) in [6, 6.07) is 7.80. The number of hydrogen-bond acceptors (Lipinski definition) is 7. The molecule has 2 heterocycles. The van der Waals surface area contributed by atoms with Gasteiger partial charge < -0.3 is 14.2 Å². The van der Waals surface area contributed by atoms with E-state index in [9.17, 15) is 8.42 Å². The van der Waals surface area contributed by atoms with Gasteiger partial charge in [0.05, 0.1) is 20.8 Å². The molecule has 1 aliphatic heterocycles. The molecule has 1 unspecified atom stereocenters. The topological polar surface area (TPSA) is 90.9 Å². The van der Waals surface area contributed by atoms with Crippen molar-refractivity contribution in [1.29, 1.82) is 0 Å². The lowest BCUT2D eigenvalue weighted by atomic mass is 10.1. The van der Waals surface area contributed by atoms with Crippen LogP contribution in [0.25, 0.3) is 0 Å². The van der Waals surface area contributed by atoms with Gasteiger partial charge in [0, 0.05) is 23.7 Å². The van der Waals surface area contributed by atoms with Gasteiger partial charge >= 0.3 is 0 Å². The lowest BCUT2D eigenvalue weighted by molar-refractivity contribution is 0.123. The van der Waals surface area contributed by atoms with Crippen LogP contribution in [-0.4, -0.2) is 56.3 Å². The highest BCUT2D eigenvalue weighted by atomic mass is 35.5. The van der Waals surface area contributed by atoms with Crippen LogP contribution in [0.3, 0.4) is 0 Å². The van der Waals surface area contributed by atoms with E-state index in [4.69, 9.17) is 25.8 Å². The Morgan fingerprint density at radius 3 is 2.52 bits per heavy atom. The molecule has 0 amide bonds. The smallest absolute Gasteiger partial charge is 0.246 e. The van der Waals surface area contributed by atoms with Crippen molar-refractivity contribution in [3.05, 3.63) is 35.4 Å². The van der Waals surface area contributed by atoms with Gasteiger partial charge in [-0.05, 0) is 31.0 Å². The molecule has 27 heavy (non-hydrogen) atoms. The Hall–Kier alpha value is -2.10. The van der Waals surface area contributed by atoms with Gasteiger partial charge in [0.25, 0.3) is 0 Å². The summed E-state index contributed by atoms with van der Waals surface area (Å²) in [6.07, 6.45) is 1.05. The second-order valence-corrected chi connectivity index (χ2v) is 8.30. The summed E-state index contributed by atoms with van der Waals surface area (Å²) in [6.45, 7) is 0.595. The third kappa shape index (κ3) is 4.42. The molecule has 0 radical (unpaired) electrons. The van der Waals surface area contributed by atoms with Crippen LogP contribution in [-0.2, 0) is 10.0 Å². The number of ether oxygens (including phenoxy) is 3. The van der Waals surface area contributed by atoms with Crippen LogP contribution in [0.2, 0.25) is 5.02 Å². The van der Waals surface area contributed by atoms with Crippen molar-refractivity contribution in [3.63, 3.8) is 0 Å². The number of benzene rings is 1. The van der Waals surface area contributed by atoms with Crippen LogP contribution in [0.5, 0.6) is 17.5 Å². The fraction of sp³-hybridized carbons (Fsp3) is 0.412. The first-order valence-electron chi connectivity index (χ1n) is 8.32. The van der Waals surface area contributed by atoms with Crippen molar-refractivity contribution in [2.45, 2.75) is 23.8 Å². The molecule has 8 nitrogen and oxygen atoms in total. The van der Waals surface area contributed by atoms with Gasteiger partial charge in [-0.25, -0.2) is 8.42 Å². The maximum absolute atomic E-state index is 13.1. The molecule has 0 aliphatic carbocycles. The Morgan fingerprint density at radius 1 is 1.11 bits per heavy atom. The number of methoxy groups -OCH3 is 2. The summed E-state index contributed by atoms with van der Waals surface area (Å²) in [5, 5.41) is 8.10. The molecule has 0 N–H and O–H groups in total. The molecular formula is C17H20ClN3O5S. The molecule has 10 heteroatoms. The van der Waals surface area contributed by atoms with Crippen LogP contribution >= 0.6 is 11.6 Å². The highest BCUT2D eigenvalue weighted by Gasteiger charge is 2.33. The van der Waals surface area contributed by atoms with E-state index in [-0.39, 0.29) is 23.3 Å². The van der Waals surface area contributed by atoms with Crippen LogP contribution in [0.15, 0.2) is 35.2 Å². The van der Waals surface area contributed by atoms with Crippen molar-refractivity contribution in [1.82, 2.24) is 14.5 Å². The average Bonchev–Trinajstić information content (AvgIpc) is 2.69. The maximum atomic E-state index is 13.1. The van der Waals surface area contributed by atoms with Crippen molar-refractivity contribution in [2.24, 2.45) is 0 Å². The van der Waals surface area contributed by atoms with E-state index in [0.29, 0.717) is 36.2 Å². The van der Waals surface area contributed by atoms with E-state index in [1.807, 2.05) is 0 Å². The minimum atomic E-state index is -3.78. The molecule has 1 atom stereocenters. The lowest BCUT2D eigenvalue weighted by Gasteiger charge is -2.32. The molecule has 1 aliphatic rings. The second kappa shape index (κ2) is 8.28. The predicted octanol–water partition coefficient (Wildman–Crippen LogP) is 2.38. The summed E-state index contributed by atoms with van der Waals surface area (Å²) < 4.78 is 43.5. The average molecular weight is 414 g/mol. The molecule has 1 aromatic carbocycles. The molecule has 1 aromatic heterocycles. The first-order valence-corrected chi connectivity index (χ1v) is 10.1. The van der Waals surface area contributed by atoms with E-state index in [2.05, 4.69) is 10.2 Å². The van der Waals surface area contributed by atoms with Gasteiger partial charge in [-0.2, -0.15) is 4.31 Å². The van der Waals surface area contributed by atoms with Gasteiger partial charge in [-0.15, -0.1) is 10.2 Å². The largest absolute Gasteiger partial charge is 0.495 e. The highest BCUT2D eigenvalue weighted by molar-refractivity contribution is 7.89. The van der Waals surface area contributed by atoms with E-state index >= 15 is 0 Å². The molecule has 0 saturated carbocycles. The summed E-state index contributed by atoms with van der Waals surface area (Å²) in [7, 11) is -0.853. The van der Waals surface area contributed by atoms with Crippen LogP contribution in [0.1, 0.15) is 12.8 Å². The Balaban J connectivity index is 1.77. The number of rotatable bonds is 6. The maximum Gasteiger partial charge on any atom is 0.246 e. The Kier molecular flexibility index (Phi) is 6.03. The van der Waals surface area contributed by atoms with Crippen LogP contribution < -0.4 is 14.2 Å². The van der Waals surface area contributed by atoms with E-state index in [1.165, 1.54) is 24.6 Å². The number of halogens is 1. The Morgan fingerprint density at radius 2 is 1.85 bits per heavy atom. The minimum Gasteiger partial charge on any atom is -0.495 e. The SMILES string of the molecule is COc1ccc(OC2CCCN(S(=O)(=O)c3cc(Cl)ccc3OC)C2)nn1. The number of hydrogen-bond donors (Lipinski definition) is 0. The van der Waals surface area contributed by atoms with E-state index < -0.39 is 10.0 Å². The third-order valence-corrected chi connectivity index (χ3v) is 6.32. The molecule has 0 bridgehead atoms. The number of piperidine rings is 1. The van der Waals surface area contributed by atoms with Crippen molar-refractivity contribution < 1.29 is 22.6 Å². The zero-order chi connectivity index (χ0) is 19.4. The molecule has 0 spiro atoms. The summed E-state index contributed by atoms with van der Waals surface area (Å²) in [4.78, 5) is 0.0439. The first kappa shape index (κ1) is 19.7. The number of nitrogens with zero attached hydrogens (tertiary/aromatic N) is 3. The van der Waals surface area contributed by atoms with Crippen molar-refractivity contribution in [2.75, 3.05) is 27.3 Å². The quantitative estimate of drug-likeness (QED) is 0.717. The summed E-state index contributed by atoms with van der Waals surface area (Å²) in [5.41, 5.74) is 0. The van der Waals surface area contributed by atoms with Crippen LogP contribution in [0, 0.1) is 0 Å². The van der Waals surface area contributed by atoms with Crippen molar-refractivity contribution >= 4 is 21.6 Å². The normalized spacial score (nSPS) is 18.1. The monoisotopic (exact) mass is 413 g/mol. The fourth-order valence-electron chi connectivity index (χ4n) is 2.86. The summed E-state index contributed by atoms with van der Waals surface area (Å²) in [5.74, 6) is 0.951. The lowest BCUT2D eigenvalue weighted by Crippen LogP contribution is -2.44. The molecule has 1 saturated heterocycles. The first-order chi connectivity index (χ1) is 12.9. The molecule has 146 valence electrons. The van der Waals surface area contributed by atoms with E-state index in [1.54, 1.807) is 24.3 Å². The standard InChI is InChI=1S/C17H20ClN3O5S/c1-24-14-6-5-12(18)10-15(14)27(22,23)21-9-3-4-13(11-21)26-17-8-7-16(25-2)19-20-17/h5-8,10,13H,3-4,9,11H2,1-2H3. The minimum absolute atomic E-state index is 0.0439. The Bertz CT molecular complexity index is 892. The van der Waals surface area contributed by atoms with Crippen molar-refractivity contribution in [3.8, 4) is 17.5 Å². The number of sulfonamides is 1. The fourth-order valence-corrected chi connectivity index (χ4v) is 4.79. The molecular weight excluding hydrogens is 394 g/mol. The van der Waals surface area contributed by atoms with Gasteiger partial charge in [0.1, 0.15) is 16.7 Å². The zero-order valence-electron chi connectivity index (χ0n) is 15.0. The number of aromatic nitrogens is 2. The van der Waals surface area contributed by atoms with Gasteiger partial charge in [-0.3, -0.25) is 0 Å².